The molecule has 0 bridgehead atoms. The standard InChI is InChI=1S/C16H35NO3/c1-6-7-15(14-17-16(2,3)4)8-9-19-12-13-20-11-10-18-5/h15,17H,6-14H2,1-5H3. The first-order valence-electron chi connectivity index (χ1n) is 7.89. The van der Waals surface area contributed by atoms with Crippen molar-refractivity contribution in [3.8, 4) is 0 Å². The Kier molecular flexibility index (Phi) is 12.5. The summed E-state index contributed by atoms with van der Waals surface area (Å²) in [4.78, 5) is 0. The quantitative estimate of drug-likeness (QED) is 0.529. The van der Waals surface area contributed by atoms with Crippen molar-refractivity contribution >= 4 is 0 Å². The average molecular weight is 289 g/mol. The summed E-state index contributed by atoms with van der Waals surface area (Å²) in [5.74, 6) is 0.702. The molecule has 122 valence electrons. The molecule has 1 atom stereocenters. The van der Waals surface area contributed by atoms with E-state index in [0.29, 0.717) is 32.3 Å². The van der Waals surface area contributed by atoms with Gasteiger partial charge >= 0.3 is 0 Å². The minimum Gasteiger partial charge on any atom is -0.382 e. The molecule has 0 aliphatic rings. The van der Waals surface area contributed by atoms with Crippen molar-refractivity contribution in [2.45, 2.75) is 52.5 Å². The van der Waals surface area contributed by atoms with Gasteiger partial charge in [0.05, 0.1) is 26.4 Å². The predicted molar refractivity (Wildman–Crippen MR) is 84.3 cm³/mol. The van der Waals surface area contributed by atoms with Crippen LogP contribution in [0.2, 0.25) is 0 Å². The molecule has 0 rings (SSSR count). The third-order valence-electron chi connectivity index (χ3n) is 3.09. The second kappa shape index (κ2) is 12.6. The van der Waals surface area contributed by atoms with Gasteiger partial charge in [0.1, 0.15) is 0 Å². The molecule has 1 unspecified atom stereocenters. The number of methoxy groups -OCH3 is 1. The van der Waals surface area contributed by atoms with Crippen LogP contribution >= 0.6 is 0 Å². The second-order valence-electron chi connectivity index (χ2n) is 6.29. The normalized spacial score (nSPS) is 13.7. The number of nitrogens with one attached hydrogen (secondary N) is 1. The van der Waals surface area contributed by atoms with Crippen LogP contribution in [0.15, 0.2) is 0 Å². The van der Waals surface area contributed by atoms with E-state index in [4.69, 9.17) is 14.2 Å². The summed E-state index contributed by atoms with van der Waals surface area (Å²) in [6.45, 7) is 13.4. The Morgan fingerprint density at radius 2 is 1.50 bits per heavy atom. The average Bonchev–Trinajstić information content (AvgIpc) is 2.38. The fourth-order valence-electron chi connectivity index (χ4n) is 1.92. The van der Waals surface area contributed by atoms with Gasteiger partial charge in [-0.25, -0.2) is 0 Å². The molecule has 0 heterocycles. The molecule has 0 aliphatic heterocycles. The van der Waals surface area contributed by atoms with Gasteiger partial charge in [-0.3, -0.25) is 0 Å². The molecule has 20 heavy (non-hydrogen) atoms. The van der Waals surface area contributed by atoms with Gasteiger partial charge < -0.3 is 19.5 Å². The van der Waals surface area contributed by atoms with E-state index in [1.807, 2.05) is 0 Å². The highest BCUT2D eigenvalue weighted by atomic mass is 16.5. The van der Waals surface area contributed by atoms with E-state index >= 15 is 0 Å². The van der Waals surface area contributed by atoms with Crippen molar-refractivity contribution in [1.29, 1.82) is 0 Å². The summed E-state index contributed by atoms with van der Waals surface area (Å²) in [5.41, 5.74) is 0.196. The zero-order valence-electron chi connectivity index (χ0n) is 14.2. The van der Waals surface area contributed by atoms with E-state index in [0.717, 1.165) is 19.6 Å². The van der Waals surface area contributed by atoms with Gasteiger partial charge in [-0.2, -0.15) is 0 Å². The van der Waals surface area contributed by atoms with Crippen molar-refractivity contribution in [2.24, 2.45) is 5.92 Å². The molecule has 0 aromatic heterocycles. The summed E-state index contributed by atoms with van der Waals surface area (Å²) < 4.78 is 15.9. The van der Waals surface area contributed by atoms with E-state index in [2.05, 4.69) is 33.0 Å². The smallest absolute Gasteiger partial charge is 0.0701 e. The van der Waals surface area contributed by atoms with Crippen molar-refractivity contribution in [3.05, 3.63) is 0 Å². The maximum Gasteiger partial charge on any atom is 0.0701 e. The highest BCUT2D eigenvalue weighted by Gasteiger charge is 2.13. The lowest BCUT2D eigenvalue weighted by Crippen LogP contribution is -2.39. The van der Waals surface area contributed by atoms with Crippen molar-refractivity contribution in [1.82, 2.24) is 5.32 Å². The van der Waals surface area contributed by atoms with Gasteiger partial charge in [-0.05, 0) is 46.1 Å². The Balaban J connectivity index is 3.55. The first-order valence-corrected chi connectivity index (χ1v) is 7.89. The molecule has 0 fully saturated rings. The Bertz CT molecular complexity index is 204. The molecule has 1 N–H and O–H groups in total. The lowest BCUT2D eigenvalue weighted by molar-refractivity contribution is 0.0215. The lowest BCUT2D eigenvalue weighted by atomic mass is 9.98. The van der Waals surface area contributed by atoms with Gasteiger partial charge in [0, 0.05) is 19.3 Å². The molecule has 0 aliphatic carbocycles. The van der Waals surface area contributed by atoms with Gasteiger partial charge in [-0.1, -0.05) is 13.3 Å². The summed E-state index contributed by atoms with van der Waals surface area (Å²) in [5, 5.41) is 3.59. The highest BCUT2D eigenvalue weighted by Crippen LogP contribution is 2.12. The van der Waals surface area contributed by atoms with Crippen LogP contribution in [0.25, 0.3) is 0 Å². The minimum atomic E-state index is 0.196. The van der Waals surface area contributed by atoms with Gasteiger partial charge in [0.2, 0.25) is 0 Å². The zero-order valence-corrected chi connectivity index (χ0v) is 14.2. The van der Waals surface area contributed by atoms with Crippen molar-refractivity contribution < 1.29 is 14.2 Å². The van der Waals surface area contributed by atoms with Gasteiger partial charge in [0.25, 0.3) is 0 Å². The first-order chi connectivity index (χ1) is 9.49. The van der Waals surface area contributed by atoms with Gasteiger partial charge in [0.15, 0.2) is 0 Å². The third kappa shape index (κ3) is 14.3. The van der Waals surface area contributed by atoms with Crippen LogP contribution in [0, 0.1) is 5.92 Å². The molecular formula is C16H35NO3. The number of ether oxygens (including phenoxy) is 3. The first kappa shape index (κ1) is 19.8. The van der Waals surface area contributed by atoms with E-state index in [9.17, 15) is 0 Å². The molecule has 0 amide bonds. The topological polar surface area (TPSA) is 39.7 Å². The molecule has 0 saturated carbocycles. The maximum atomic E-state index is 5.63. The zero-order chi connectivity index (χ0) is 15.3. The second-order valence-corrected chi connectivity index (χ2v) is 6.29. The Labute approximate surface area is 125 Å². The Hall–Kier alpha value is -0.160. The highest BCUT2D eigenvalue weighted by molar-refractivity contribution is 4.73. The third-order valence-corrected chi connectivity index (χ3v) is 3.09. The van der Waals surface area contributed by atoms with E-state index < -0.39 is 0 Å². The molecule has 4 nitrogen and oxygen atoms in total. The SMILES string of the molecule is CCCC(CCOCCOCCOC)CNC(C)(C)C. The monoisotopic (exact) mass is 289 g/mol. The fraction of sp³-hybridized carbons (Fsp3) is 1.00. The van der Waals surface area contributed by atoms with Crippen molar-refractivity contribution in [2.75, 3.05) is 46.7 Å². The summed E-state index contributed by atoms with van der Waals surface area (Å²) in [7, 11) is 1.68. The van der Waals surface area contributed by atoms with Crippen LogP contribution in [-0.2, 0) is 14.2 Å². The molecule has 0 radical (unpaired) electrons. The minimum absolute atomic E-state index is 0.196. The molecule has 0 aromatic rings. The van der Waals surface area contributed by atoms with Crippen molar-refractivity contribution in [3.63, 3.8) is 0 Å². The fourth-order valence-corrected chi connectivity index (χ4v) is 1.92. The largest absolute Gasteiger partial charge is 0.382 e. The van der Waals surface area contributed by atoms with E-state index in [1.54, 1.807) is 7.11 Å². The van der Waals surface area contributed by atoms with Crippen LogP contribution in [0.1, 0.15) is 47.0 Å². The predicted octanol–water partition coefficient (Wildman–Crippen LogP) is 2.86. The molecule has 0 spiro atoms. The van der Waals surface area contributed by atoms with Crippen LogP contribution in [0.3, 0.4) is 0 Å². The van der Waals surface area contributed by atoms with Crippen LogP contribution in [0.5, 0.6) is 0 Å². The van der Waals surface area contributed by atoms with E-state index in [1.165, 1.54) is 12.8 Å². The summed E-state index contributed by atoms with van der Waals surface area (Å²) >= 11 is 0. The van der Waals surface area contributed by atoms with Gasteiger partial charge in [-0.15, -0.1) is 0 Å². The van der Waals surface area contributed by atoms with Crippen LogP contribution in [0.4, 0.5) is 0 Å². The maximum absolute atomic E-state index is 5.63. The number of hydrogen-bond donors (Lipinski definition) is 1. The lowest BCUT2D eigenvalue weighted by Gasteiger charge is -2.25. The number of hydrogen-bond acceptors (Lipinski definition) is 4. The Morgan fingerprint density at radius 1 is 0.900 bits per heavy atom. The number of rotatable bonds is 13. The molecular weight excluding hydrogens is 254 g/mol. The summed E-state index contributed by atoms with van der Waals surface area (Å²) in [6, 6.07) is 0. The molecule has 0 saturated heterocycles. The Morgan fingerprint density at radius 3 is 2.05 bits per heavy atom. The van der Waals surface area contributed by atoms with E-state index in [-0.39, 0.29) is 5.54 Å². The van der Waals surface area contributed by atoms with Crippen LogP contribution in [-0.4, -0.2) is 52.2 Å². The molecule has 4 heteroatoms. The van der Waals surface area contributed by atoms with Crippen LogP contribution < -0.4 is 5.32 Å². The molecule has 0 aromatic carbocycles. The summed E-state index contributed by atoms with van der Waals surface area (Å²) in [6.07, 6.45) is 3.61.